The van der Waals surface area contributed by atoms with E-state index >= 15 is 0 Å². The van der Waals surface area contributed by atoms with Crippen molar-refractivity contribution in [3.8, 4) is 45.5 Å². The number of para-hydroxylation sites is 4. The first-order valence-corrected chi connectivity index (χ1v) is 19.1. The summed E-state index contributed by atoms with van der Waals surface area (Å²) < 4.78 is 11.6. The molecule has 0 radical (unpaired) electrons. The van der Waals surface area contributed by atoms with Crippen LogP contribution in [-0.2, 0) is 0 Å². The predicted octanol–water partition coefficient (Wildman–Crippen LogP) is 13.0. The molecule has 6 heteroatoms. The van der Waals surface area contributed by atoms with Crippen molar-refractivity contribution in [2.75, 3.05) is 0 Å². The first kappa shape index (κ1) is 31.5. The van der Waals surface area contributed by atoms with Crippen LogP contribution in [0.3, 0.4) is 0 Å². The van der Waals surface area contributed by atoms with E-state index in [4.69, 9.17) is 19.4 Å². The number of hydrogen-bond acceptors (Lipinski definition) is 4. The van der Waals surface area contributed by atoms with Crippen molar-refractivity contribution in [3.63, 3.8) is 0 Å². The monoisotopic (exact) mass is 729 g/mol. The molecular weight excluding hydrogens is 699 g/mol. The number of hydrogen-bond donors (Lipinski definition) is 0. The second-order valence-electron chi connectivity index (χ2n) is 14.4. The summed E-state index contributed by atoms with van der Waals surface area (Å²) in [6.45, 7) is 0. The summed E-state index contributed by atoms with van der Waals surface area (Å²) in [5, 5.41) is 6.89. The molecule has 0 aliphatic heterocycles. The Morgan fingerprint density at radius 2 is 0.912 bits per heavy atom. The third kappa shape index (κ3) is 4.81. The smallest absolute Gasteiger partial charge is 0.164 e. The first-order chi connectivity index (χ1) is 28.3. The highest BCUT2D eigenvalue weighted by atomic mass is 16.3. The molecule has 0 bridgehead atoms. The molecule has 12 aromatic rings. The Hall–Kier alpha value is -7.83. The molecule has 0 fully saturated rings. The fraction of sp³-hybridized carbons (Fsp3) is 0. The molecule has 8 aromatic carbocycles. The quantitative estimate of drug-likeness (QED) is 0.177. The Bertz CT molecular complexity index is 3400. The third-order valence-corrected chi connectivity index (χ3v) is 11.2. The van der Waals surface area contributed by atoms with E-state index in [1.807, 2.05) is 60.7 Å². The van der Waals surface area contributed by atoms with Gasteiger partial charge in [-0.05, 0) is 54.6 Å². The van der Waals surface area contributed by atoms with Gasteiger partial charge in [0, 0.05) is 54.7 Å². The molecule has 266 valence electrons. The molecule has 0 N–H and O–H groups in total. The maximum absolute atomic E-state index is 6.75. The van der Waals surface area contributed by atoms with Crippen LogP contribution in [0.2, 0.25) is 0 Å². The molecule has 0 unspecified atom stereocenters. The van der Waals surface area contributed by atoms with E-state index in [0.717, 1.165) is 71.8 Å². The number of rotatable bonds is 5. The van der Waals surface area contributed by atoms with E-state index in [2.05, 4.69) is 137 Å². The van der Waals surface area contributed by atoms with E-state index in [9.17, 15) is 0 Å². The van der Waals surface area contributed by atoms with E-state index in [-0.39, 0.29) is 0 Å². The van der Waals surface area contributed by atoms with Gasteiger partial charge in [0.05, 0.1) is 27.8 Å². The first-order valence-electron chi connectivity index (χ1n) is 19.1. The average Bonchev–Trinajstić information content (AvgIpc) is 3.94. The van der Waals surface area contributed by atoms with Gasteiger partial charge in [-0.1, -0.05) is 133 Å². The van der Waals surface area contributed by atoms with Gasteiger partial charge in [-0.25, -0.2) is 15.0 Å². The predicted molar refractivity (Wildman–Crippen MR) is 232 cm³/mol. The Morgan fingerprint density at radius 1 is 0.351 bits per heavy atom. The van der Waals surface area contributed by atoms with Gasteiger partial charge >= 0.3 is 0 Å². The Morgan fingerprint density at radius 3 is 1.56 bits per heavy atom. The molecule has 0 saturated heterocycles. The molecule has 12 rings (SSSR count). The lowest BCUT2D eigenvalue weighted by Gasteiger charge is -2.14. The number of aromatic nitrogens is 5. The minimum absolute atomic E-state index is 0.590. The van der Waals surface area contributed by atoms with Gasteiger partial charge in [-0.3, -0.25) is 0 Å². The molecule has 0 atom stereocenters. The van der Waals surface area contributed by atoms with E-state index in [1.165, 1.54) is 21.8 Å². The molecular formula is C51H31N5O. The van der Waals surface area contributed by atoms with Gasteiger partial charge in [0.25, 0.3) is 0 Å². The minimum Gasteiger partial charge on any atom is -0.456 e. The van der Waals surface area contributed by atoms with Gasteiger partial charge < -0.3 is 13.6 Å². The van der Waals surface area contributed by atoms with Crippen molar-refractivity contribution in [1.29, 1.82) is 0 Å². The number of fused-ring (bicyclic) bond motifs is 10. The maximum atomic E-state index is 6.75. The van der Waals surface area contributed by atoms with Gasteiger partial charge in [-0.15, -0.1) is 0 Å². The zero-order valence-corrected chi connectivity index (χ0v) is 30.5. The van der Waals surface area contributed by atoms with Gasteiger partial charge in [-0.2, -0.15) is 0 Å². The van der Waals surface area contributed by atoms with Crippen LogP contribution in [0.1, 0.15) is 0 Å². The number of nitrogens with zero attached hydrogens (tertiary/aromatic N) is 5. The summed E-state index contributed by atoms with van der Waals surface area (Å²) in [6, 6.07) is 65.5. The standard InChI is InChI=1S/C51H31N5O/c1-4-15-32(16-5-1)49-52-50(33-17-6-2-7-18-33)54-51(53-49)34-27-28-38-45(31-34)57-44-30-29-42-46(47(38)44)39-23-14-26-43(48(39)55(42)35-19-8-3-9-20-35)56-40-24-12-10-21-36(40)37-22-11-13-25-41(37)56/h1-31H. The minimum atomic E-state index is 0.590. The van der Waals surface area contributed by atoms with Gasteiger partial charge in [0.2, 0.25) is 0 Å². The fourth-order valence-corrected chi connectivity index (χ4v) is 8.69. The van der Waals surface area contributed by atoms with E-state index in [1.54, 1.807) is 0 Å². The van der Waals surface area contributed by atoms with Crippen LogP contribution in [0.15, 0.2) is 192 Å². The molecule has 57 heavy (non-hydrogen) atoms. The SMILES string of the molecule is c1ccc(-c2nc(-c3ccccc3)nc(-c3ccc4c(c3)oc3ccc5c(c6cccc(-n7c8ccccc8c8ccccc87)c6n5-c5ccccc5)c34)n2)cc1. The molecule has 0 aliphatic carbocycles. The number of furan rings is 1. The molecule has 6 nitrogen and oxygen atoms in total. The van der Waals surface area contributed by atoms with Gasteiger partial charge in [0.1, 0.15) is 11.2 Å². The summed E-state index contributed by atoms with van der Waals surface area (Å²) in [7, 11) is 0. The summed E-state index contributed by atoms with van der Waals surface area (Å²) in [6.07, 6.45) is 0. The lowest BCUT2D eigenvalue weighted by molar-refractivity contribution is 0.669. The van der Waals surface area contributed by atoms with Crippen molar-refractivity contribution in [3.05, 3.63) is 188 Å². The highest BCUT2D eigenvalue weighted by molar-refractivity contribution is 6.28. The second kappa shape index (κ2) is 12.3. The maximum Gasteiger partial charge on any atom is 0.164 e. The number of benzene rings is 8. The van der Waals surface area contributed by atoms with Crippen molar-refractivity contribution in [1.82, 2.24) is 24.1 Å². The zero-order valence-electron chi connectivity index (χ0n) is 30.5. The van der Waals surface area contributed by atoms with Crippen LogP contribution < -0.4 is 0 Å². The van der Waals surface area contributed by atoms with Crippen molar-refractivity contribution in [2.24, 2.45) is 0 Å². The summed E-state index contributed by atoms with van der Waals surface area (Å²) in [5.74, 6) is 1.84. The van der Waals surface area contributed by atoms with Crippen LogP contribution in [0.5, 0.6) is 0 Å². The summed E-state index contributed by atoms with van der Waals surface area (Å²) in [5.41, 5.74) is 11.1. The summed E-state index contributed by atoms with van der Waals surface area (Å²) >= 11 is 0. The Labute approximate surface area is 326 Å². The third-order valence-electron chi connectivity index (χ3n) is 11.2. The average molecular weight is 730 g/mol. The van der Waals surface area contributed by atoms with Crippen molar-refractivity contribution >= 4 is 65.6 Å². The van der Waals surface area contributed by atoms with Crippen LogP contribution in [0.4, 0.5) is 0 Å². The molecule has 4 aromatic heterocycles. The van der Waals surface area contributed by atoms with Crippen molar-refractivity contribution in [2.45, 2.75) is 0 Å². The van der Waals surface area contributed by atoms with E-state index in [0.29, 0.717) is 17.5 Å². The largest absolute Gasteiger partial charge is 0.456 e. The van der Waals surface area contributed by atoms with Crippen molar-refractivity contribution < 1.29 is 4.42 Å². The lowest BCUT2D eigenvalue weighted by Crippen LogP contribution is -2.00. The normalized spacial score (nSPS) is 11.9. The highest BCUT2D eigenvalue weighted by Gasteiger charge is 2.23. The topological polar surface area (TPSA) is 61.7 Å². The lowest BCUT2D eigenvalue weighted by atomic mass is 10.0. The molecule has 0 saturated carbocycles. The zero-order chi connectivity index (χ0) is 37.5. The van der Waals surface area contributed by atoms with Crippen LogP contribution in [0.25, 0.3) is 111 Å². The van der Waals surface area contributed by atoms with Gasteiger partial charge in [0.15, 0.2) is 17.5 Å². The second-order valence-corrected chi connectivity index (χ2v) is 14.4. The van der Waals surface area contributed by atoms with Crippen LogP contribution in [0, 0.1) is 0 Å². The molecule has 4 heterocycles. The van der Waals surface area contributed by atoms with E-state index < -0.39 is 0 Å². The highest BCUT2D eigenvalue weighted by Crippen LogP contribution is 2.44. The Balaban J connectivity index is 1.13. The Kier molecular flexibility index (Phi) is 6.83. The molecule has 0 amide bonds. The van der Waals surface area contributed by atoms with Crippen LogP contribution >= 0.6 is 0 Å². The fourth-order valence-electron chi connectivity index (χ4n) is 8.69. The molecule has 0 aliphatic rings. The summed E-state index contributed by atoms with van der Waals surface area (Å²) in [4.78, 5) is 14.9. The molecule has 0 spiro atoms. The van der Waals surface area contributed by atoms with Crippen LogP contribution in [-0.4, -0.2) is 24.1 Å².